The van der Waals surface area contributed by atoms with Gasteiger partial charge in [-0.15, -0.1) is 0 Å². The minimum Gasteiger partial charge on any atom is -0.464 e. The average Bonchev–Trinajstić information content (AvgIpc) is 3.30. The molecule has 2 heterocycles. The number of furan rings is 1. The molecule has 0 bridgehead atoms. The van der Waals surface area contributed by atoms with Crippen molar-refractivity contribution in [2.45, 2.75) is 61.1 Å². The van der Waals surface area contributed by atoms with Gasteiger partial charge < -0.3 is 14.2 Å². The van der Waals surface area contributed by atoms with Gasteiger partial charge in [0.1, 0.15) is 12.1 Å². The van der Waals surface area contributed by atoms with Crippen molar-refractivity contribution >= 4 is 22.8 Å². The summed E-state index contributed by atoms with van der Waals surface area (Å²) in [6.07, 6.45) is 2.04. The van der Waals surface area contributed by atoms with Crippen molar-refractivity contribution in [3.05, 3.63) is 53.5 Å². The predicted octanol–water partition coefficient (Wildman–Crippen LogP) is 4.92. The number of aromatic nitrogens is 2. The van der Waals surface area contributed by atoms with Crippen LogP contribution in [-0.4, -0.2) is 44.5 Å². The Hall–Kier alpha value is -3.09. The molecule has 0 radical (unpaired) electrons. The summed E-state index contributed by atoms with van der Waals surface area (Å²) in [6, 6.07) is 9.88. The molecule has 184 valence electrons. The van der Waals surface area contributed by atoms with E-state index in [4.69, 9.17) is 4.42 Å². The normalized spacial score (nSPS) is 11.9. The lowest BCUT2D eigenvalue weighted by Crippen LogP contribution is -2.44. The van der Waals surface area contributed by atoms with Crippen molar-refractivity contribution in [2.75, 3.05) is 13.1 Å². The number of carbonyl (C=O) groups is 2. The summed E-state index contributed by atoms with van der Waals surface area (Å²) in [4.78, 5) is 30.3. The number of amides is 2. The first-order chi connectivity index (χ1) is 15.9. The lowest BCUT2D eigenvalue weighted by Gasteiger charge is -2.30. The fraction of sp³-hybridized carbons (Fsp3) is 0.519. The van der Waals surface area contributed by atoms with Gasteiger partial charge in [0.15, 0.2) is 0 Å². The fourth-order valence-electron chi connectivity index (χ4n) is 4.10. The van der Waals surface area contributed by atoms with E-state index in [1.165, 1.54) is 0 Å². The van der Waals surface area contributed by atoms with E-state index >= 15 is 0 Å². The second-order valence-electron chi connectivity index (χ2n) is 10.8. The van der Waals surface area contributed by atoms with Crippen molar-refractivity contribution in [2.24, 2.45) is 18.4 Å². The molecule has 0 N–H and O–H groups in total. The largest absolute Gasteiger partial charge is 0.464 e. The predicted molar refractivity (Wildman–Crippen MR) is 134 cm³/mol. The van der Waals surface area contributed by atoms with Crippen LogP contribution in [0.15, 0.2) is 41.0 Å². The van der Waals surface area contributed by atoms with E-state index in [9.17, 15) is 9.59 Å². The highest BCUT2D eigenvalue weighted by Crippen LogP contribution is 2.22. The van der Waals surface area contributed by atoms with Gasteiger partial charge in [-0.05, 0) is 48.1 Å². The highest BCUT2D eigenvalue weighted by Gasteiger charge is 2.26. The number of nitrogens with zero attached hydrogens (tertiary/aromatic N) is 4. The fourth-order valence-corrected chi connectivity index (χ4v) is 4.10. The van der Waals surface area contributed by atoms with E-state index in [0.29, 0.717) is 32.0 Å². The molecule has 3 aromatic rings. The number of aryl methyl sites for hydroxylation is 2. The number of carbonyl (C=O) groups excluding carboxylic acids is 2. The quantitative estimate of drug-likeness (QED) is 0.449. The zero-order valence-corrected chi connectivity index (χ0v) is 21.6. The Bertz CT molecular complexity index is 1140. The third-order valence-corrected chi connectivity index (χ3v) is 5.64. The van der Waals surface area contributed by atoms with Crippen LogP contribution in [0.5, 0.6) is 0 Å². The standard InChI is InChI=1S/C27H38N4O3/c1-19(2)15-30(16-21-8-9-24-22(13-21)10-11-34-24)26(33)18-31(25(32)14-27(4,5)6)17-23-12-20(3)28-29(23)7/h8-13,19H,14-18H2,1-7H3. The minimum absolute atomic E-state index is 0.0241. The van der Waals surface area contributed by atoms with Gasteiger partial charge in [-0.1, -0.05) is 40.7 Å². The first-order valence-corrected chi connectivity index (χ1v) is 11.9. The Morgan fingerprint density at radius 1 is 1.06 bits per heavy atom. The molecule has 0 saturated heterocycles. The highest BCUT2D eigenvalue weighted by molar-refractivity contribution is 5.85. The zero-order valence-electron chi connectivity index (χ0n) is 21.6. The number of rotatable bonds is 9. The number of hydrogen-bond acceptors (Lipinski definition) is 4. The molecule has 0 aliphatic carbocycles. The molecule has 1 aromatic carbocycles. The maximum atomic E-state index is 13.5. The molecular weight excluding hydrogens is 428 g/mol. The van der Waals surface area contributed by atoms with Crippen LogP contribution in [0.3, 0.4) is 0 Å². The molecule has 0 aliphatic heterocycles. The molecule has 0 unspecified atom stereocenters. The molecule has 2 aromatic heterocycles. The number of fused-ring (bicyclic) bond motifs is 1. The summed E-state index contributed by atoms with van der Waals surface area (Å²) in [7, 11) is 1.87. The van der Waals surface area contributed by atoms with Gasteiger partial charge in [-0.25, -0.2) is 0 Å². The summed E-state index contributed by atoms with van der Waals surface area (Å²) in [5.74, 6) is 0.228. The first kappa shape index (κ1) is 25.5. The van der Waals surface area contributed by atoms with Crippen LogP contribution in [0.2, 0.25) is 0 Å². The van der Waals surface area contributed by atoms with Gasteiger partial charge in [0.25, 0.3) is 0 Å². The Kier molecular flexibility index (Phi) is 7.85. The summed E-state index contributed by atoms with van der Waals surface area (Å²) >= 11 is 0. The molecule has 0 spiro atoms. The lowest BCUT2D eigenvalue weighted by atomic mass is 9.91. The van der Waals surface area contributed by atoms with E-state index < -0.39 is 0 Å². The Balaban J connectivity index is 1.81. The van der Waals surface area contributed by atoms with Crippen molar-refractivity contribution in [1.82, 2.24) is 19.6 Å². The third-order valence-electron chi connectivity index (χ3n) is 5.64. The van der Waals surface area contributed by atoms with Gasteiger partial charge in [-0.3, -0.25) is 14.3 Å². The molecule has 7 nitrogen and oxygen atoms in total. The second-order valence-corrected chi connectivity index (χ2v) is 10.8. The van der Waals surface area contributed by atoms with E-state index in [0.717, 1.165) is 27.9 Å². The van der Waals surface area contributed by atoms with Crippen LogP contribution in [0.1, 0.15) is 58.0 Å². The maximum absolute atomic E-state index is 13.5. The van der Waals surface area contributed by atoms with Crippen LogP contribution in [0.25, 0.3) is 11.0 Å². The molecule has 0 fully saturated rings. The Morgan fingerprint density at radius 2 is 1.79 bits per heavy atom. The van der Waals surface area contributed by atoms with E-state index in [-0.39, 0.29) is 23.8 Å². The van der Waals surface area contributed by atoms with Crippen molar-refractivity contribution in [3.8, 4) is 0 Å². The summed E-state index contributed by atoms with van der Waals surface area (Å²) < 4.78 is 7.23. The molecule has 7 heteroatoms. The van der Waals surface area contributed by atoms with E-state index in [1.807, 2.05) is 63.9 Å². The topological polar surface area (TPSA) is 71.6 Å². The number of benzene rings is 1. The van der Waals surface area contributed by atoms with Crippen LogP contribution >= 0.6 is 0 Å². The summed E-state index contributed by atoms with van der Waals surface area (Å²) in [5.41, 5.74) is 3.50. The van der Waals surface area contributed by atoms with Gasteiger partial charge in [0.05, 0.1) is 24.2 Å². The number of hydrogen-bond donors (Lipinski definition) is 0. The van der Waals surface area contributed by atoms with Crippen LogP contribution in [-0.2, 0) is 29.7 Å². The Labute approximate surface area is 202 Å². The van der Waals surface area contributed by atoms with Crippen LogP contribution < -0.4 is 0 Å². The highest BCUT2D eigenvalue weighted by atomic mass is 16.3. The van der Waals surface area contributed by atoms with E-state index in [2.05, 4.69) is 25.0 Å². The van der Waals surface area contributed by atoms with Gasteiger partial charge in [0, 0.05) is 31.9 Å². The van der Waals surface area contributed by atoms with Crippen LogP contribution in [0.4, 0.5) is 0 Å². The molecule has 0 aliphatic rings. The molecule has 2 amide bonds. The van der Waals surface area contributed by atoms with Crippen molar-refractivity contribution in [1.29, 1.82) is 0 Å². The summed E-state index contributed by atoms with van der Waals surface area (Å²) in [5, 5.41) is 5.42. The first-order valence-electron chi connectivity index (χ1n) is 11.9. The van der Waals surface area contributed by atoms with Crippen molar-refractivity contribution < 1.29 is 14.0 Å². The molecular formula is C27H38N4O3. The van der Waals surface area contributed by atoms with Crippen molar-refractivity contribution in [3.63, 3.8) is 0 Å². The average molecular weight is 467 g/mol. The Morgan fingerprint density at radius 3 is 2.41 bits per heavy atom. The molecule has 3 rings (SSSR count). The smallest absolute Gasteiger partial charge is 0.242 e. The van der Waals surface area contributed by atoms with E-state index in [1.54, 1.807) is 15.8 Å². The molecule has 0 saturated carbocycles. The monoisotopic (exact) mass is 466 g/mol. The second kappa shape index (κ2) is 10.5. The lowest BCUT2D eigenvalue weighted by molar-refractivity contribution is -0.142. The maximum Gasteiger partial charge on any atom is 0.242 e. The summed E-state index contributed by atoms with van der Waals surface area (Å²) in [6.45, 7) is 13.7. The third kappa shape index (κ3) is 6.95. The van der Waals surface area contributed by atoms with Gasteiger partial charge in [-0.2, -0.15) is 5.10 Å². The van der Waals surface area contributed by atoms with Crippen LogP contribution in [0, 0.1) is 18.3 Å². The molecule has 34 heavy (non-hydrogen) atoms. The molecule has 0 atom stereocenters. The van der Waals surface area contributed by atoms with Gasteiger partial charge in [0.2, 0.25) is 11.8 Å². The zero-order chi connectivity index (χ0) is 25.0. The SMILES string of the molecule is Cc1cc(CN(CC(=O)N(Cc2ccc3occc3c2)CC(C)C)C(=O)CC(C)(C)C)n(C)n1. The van der Waals surface area contributed by atoms with Gasteiger partial charge >= 0.3 is 0 Å². The minimum atomic E-state index is -0.168.